The Morgan fingerprint density at radius 2 is 1.15 bits per heavy atom. The standard InChI is InChI=1S/C62H47BN2O/c1-60(2,3)38-31-33-41(34-32-38)65-57-43(35-36-53-54(57)44-24-13-17-30-52(44)66-53)46-37-45-42-23-12-14-25-47(42)61(4,5)55(45)59-56(46)63(65)50-28-18-27-49-58(50)64(59)51-29-16-15-26-48(51)62(49,39-19-8-6-9-20-39)40-21-10-7-11-22-40/h6-37H,1-5H3. The van der Waals surface area contributed by atoms with Gasteiger partial charge in [0.15, 0.2) is 0 Å². The summed E-state index contributed by atoms with van der Waals surface area (Å²) in [6.45, 7) is 11.6. The molecule has 4 heteroatoms. The number of furan rings is 1. The molecule has 1 aliphatic carbocycles. The monoisotopic (exact) mass is 846 g/mol. The van der Waals surface area contributed by atoms with Gasteiger partial charge in [-0.05, 0) is 114 Å². The summed E-state index contributed by atoms with van der Waals surface area (Å²) >= 11 is 0. The van der Waals surface area contributed by atoms with Crippen molar-refractivity contribution >= 4 is 68.1 Å². The molecule has 0 saturated heterocycles. The topological polar surface area (TPSA) is 19.6 Å². The van der Waals surface area contributed by atoms with Crippen LogP contribution in [0.1, 0.15) is 73.6 Å². The lowest BCUT2D eigenvalue weighted by Gasteiger charge is -2.53. The molecular weight excluding hydrogens is 800 g/mol. The van der Waals surface area contributed by atoms with Crippen molar-refractivity contribution in [3.63, 3.8) is 0 Å². The van der Waals surface area contributed by atoms with Gasteiger partial charge in [-0.1, -0.05) is 186 Å². The van der Waals surface area contributed by atoms with E-state index in [4.69, 9.17) is 4.42 Å². The Morgan fingerprint density at radius 3 is 1.89 bits per heavy atom. The predicted molar refractivity (Wildman–Crippen MR) is 276 cm³/mol. The Balaban J connectivity index is 1.20. The number of benzene rings is 9. The number of nitrogens with zero attached hydrogens (tertiary/aromatic N) is 2. The van der Waals surface area contributed by atoms with E-state index in [1.807, 2.05) is 0 Å². The lowest BCUT2D eigenvalue weighted by Crippen LogP contribution is -2.63. The molecule has 0 saturated carbocycles. The van der Waals surface area contributed by atoms with Crippen LogP contribution in [0.2, 0.25) is 0 Å². The van der Waals surface area contributed by atoms with Gasteiger partial charge in [0.2, 0.25) is 0 Å². The molecule has 4 aliphatic rings. The number of hydrogen-bond acceptors (Lipinski definition) is 3. The largest absolute Gasteiger partial charge is 0.456 e. The third kappa shape index (κ3) is 4.69. The molecule has 0 atom stereocenters. The lowest BCUT2D eigenvalue weighted by atomic mass is 9.41. The van der Waals surface area contributed by atoms with Gasteiger partial charge < -0.3 is 14.1 Å². The first-order valence-corrected chi connectivity index (χ1v) is 23.5. The highest BCUT2D eigenvalue weighted by molar-refractivity contribution is 6.94. The average Bonchev–Trinajstić information content (AvgIpc) is 3.84. The fourth-order valence-corrected chi connectivity index (χ4v) is 12.9. The van der Waals surface area contributed by atoms with E-state index in [1.165, 1.54) is 94.9 Å². The van der Waals surface area contributed by atoms with Gasteiger partial charge in [-0.15, -0.1) is 0 Å². The van der Waals surface area contributed by atoms with E-state index in [-0.39, 0.29) is 17.7 Å². The van der Waals surface area contributed by atoms with Crippen molar-refractivity contribution in [3.8, 4) is 22.3 Å². The summed E-state index contributed by atoms with van der Waals surface area (Å²) in [7, 11) is 0. The SMILES string of the molecule is CC(C)(C)c1ccc(N2B3c4cccc5c4N(c4ccccc4C5(c4ccccc4)c4ccccc4)c4c3c(cc3c4C(C)(C)c4ccccc4-3)-c3ccc4oc5ccccc5c4c32)cc1. The molecular formula is C62H47BN2O. The highest BCUT2D eigenvalue weighted by Crippen LogP contribution is 2.63. The molecule has 4 heterocycles. The van der Waals surface area contributed by atoms with Crippen molar-refractivity contribution in [3.05, 3.63) is 233 Å². The maximum atomic E-state index is 6.77. The lowest BCUT2D eigenvalue weighted by molar-refractivity contribution is 0.590. The number of anilines is 5. The summed E-state index contributed by atoms with van der Waals surface area (Å²) in [5, 5.41) is 2.28. The van der Waals surface area contributed by atoms with E-state index in [1.54, 1.807) is 0 Å². The summed E-state index contributed by atoms with van der Waals surface area (Å²) in [6, 6.07) is 73.2. The van der Waals surface area contributed by atoms with Gasteiger partial charge in [0.1, 0.15) is 11.2 Å². The molecule has 0 amide bonds. The van der Waals surface area contributed by atoms with E-state index in [0.29, 0.717) is 0 Å². The Labute approximate surface area is 386 Å². The fraction of sp³-hybridized carbons (Fsp3) is 0.129. The number of hydrogen-bond donors (Lipinski definition) is 0. The molecule has 0 unspecified atom stereocenters. The molecule has 1 aromatic heterocycles. The molecule has 9 aromatic carbocycles. The van der Waals surface area contributed by atoms with Crippen LogP contribution < -0.4 is 20.6 Å². The first-order chi connectivity index (χ1) is 32.2. The zero-order valence-electron chi connectivity index (χ0n) is 37.9. The maximum absolute atomic E-state index is 6.77. The second-order valence-corrected chi connectivity index (χ2v) is 20.4. The van der Waals surface area contributed by atoms with Crippen molar-refractivity contribution in [2.45, 2.75) is 50.9 Å². The van der Waals surface area contributed by atoms with E-state index in [2.05, 4.69) is 238 Å². The number of rotatable bonds is 3. The van der Waals surface area contributed by atoms with Crippen LogP contribution in [0.15, 0.2) is 199 Å². The van der Waals surface area contributed by atoms with Crippen LogP contribution in [0, 0.1) is 0 Å². The molecule has 66 heavy (non-hydrogen) atoms. The molecule has 0 N–H and O–H groups in total. The Kier molecular flexibility index (Phi) is 7.47. The van der Waals surface area contributed by atoms with Gasteiger partial charge >= 0.3 is 6.85 Å². The van der Waals surface area contributed by atoms with Crippen molar-refractivity contribution < 1.29 is 4.42 Å². The summed E-state index contributed by atoms with van der Waals surface area (Å²) in [4.78, 5) is 5.41. The highest BCUT2D eigenvalue weighted by atomic mass is 16.3. The first-order valence-electron chi connectivity index (χ1n) is 23.5. The van der Waals surface area contributed by atoms with Gasteiger partial charge in [0.25, 0.3) is 0 Å². The number of para-hydroxylation sites is 3. The molecule has 0 spiro atoms. The molecule has 3 nitrogen and oxygen atoms in total. The second-order valence-electron chi connectivity index (χ2n) is 20.4. The highest BCUT2D eigenvalue weighted by Gasteiger charge is 2.55. The van der Waals surface area contributed by atoms with Crippen LogP contribution >= 0.6 is 0 Å². The van der Waals surface area contributed by atoms with Crippen molar-refractivity contribution in [2.75, 3.05) is 9.71 Å². The van der Waals surface area contributed by atoms with Gasteiger partial charge in [-0.3, -0.25) is 0 Å². The minimum absolute atomic E-state index is 0.00269. The fourth-order valence-electron chi connectivity index (χ4n) is 12.9. The smallest absolute Gasteiger partial charge is 0.333 e. The van der Waals surface area contributed by atoms with E-state index >= 15 is 0 Å². The molecule has 314 valence electrons. The van der Waals surface area contributed by atoms with Crippen LogP contribution in [0.25, 0.3) is 44.2 Å². The van der Waals surface area contributed by atoms with E-state index < -0.39 is 5.41 Å². The van der Waals surface area contributed by atoms with Gasteiger partial charge in [-0.25, -0.2) is 0 Å². The summed E-state index contributed by atoms with van der Waals surface area (Å²) in [5.74, 6) is 0. The summed E-state index contributed by atoms with van der Waals surface area (Å²) in [5.41, 5.74) is 23.9. The Bertz CT molecular complexity index is 3630. The van der Waals surface area contributed by atoms with Crippen molar-refractivity contribution in [1.29, 1.82) is 0 Å². The molecule has 10 aromatic rings. The van der Waals surface area contributed by atoms with Crippen molar-refractivity contribution in [1.82, 2.24) is 0 Å². The van der Waals surface area contributed by atoms with Gasteiger partial charge in [0.05, 0.1) is 16.5 Å². The maximum Gasteiger partial charge on any atom is 0.333 e. The molecule has 0 fully saturated rings. The molecule has 0 radical (unpaired) electrons. The van der Waals surface area contributed by atoms with Crippen LogP contribution in [0.3, 0.4) is 0 Å². The zero-order valence-corrected chi connectivity index (χ0v) is 37.9. The third-order valence-corrected chi connectivity index (χ3v) is 15.6. The normalized spacial score (nSPS) is 15.5. The molecule has 3 aliphatic heterocycles. The van der Waals surface area contributed by atoms with E-state index in [9.17, 15) is 0 Å². The molecule has 14 rings (SSSR count). The van der Waals surface area contributed by atoms with E-state index in [0.717, 1.165) is 27.6 Å². The average molecular weight is 847 g/mol. The Morgan fingerprint density at radius 1 is 0.500 bits per heavy atom. The molecule has 0 bridgehead atoms. The quantitative estimate of drug-likeness (QED) is 0.165. The minimum atomic E-state index is -0.614. The van der Waals surface area contributed by atoms with Gasteiger partial charge in [0, 0.05) is 39.1 Å². The first kappa shape index (κ1) is 37.8. The van der Waals surface area contributed by atoms with Crippen LogP contribution in [-0.4, -0.2) is 6.85 Å². The third-order valence-electron chi connectivity index (χ3n) is 15.6. The zero-order chi connectivity index (χ0) is 44.3. The van der Waals surface area contributed by atoms with Crippen LogP contribution in [0.4, 0.5) is 28.4 Å². The Hall–Kier alpha value is -7.56. The second kappa shape index (κ2) is 13.0. The summed E-state index contributed by atoms with van der Waals surface area (Å²) in [6.07, 6.45) is 0. The summed E-state index contributed by atoms with van der Waals surface area (Å²) < 4.78 is 6.77. The van der Waals surface area contributed by atoms with Gasteiger partial charge in [-0.2, -0.15) is 0 Å². The van der Waals surface area contributed by atoms with Crippen LogP contribution in [0.5, 0.6) is 0 Å². The van der Waals surface area contributed by atoms with Crippen molar-refractivity contribution in [2.24, 2.45) is 0 Å². The predicted octanol–water partition coefficient (Wildman–Crippen LogP) is 14.6. The minimum Gasteiger partial charge on any atom is -0.456 e. The number of fused-ring (bicyclic) bond motifs is 14. The van der Waals surface area contributed by atoms with Crippen LogP contribution in [-0.2, 0) is 16.2 Å².